The fourth-order valence-corrected chi connectivity index (χ4v) is 3.31. The maximum atomic E-state index is 4.52. The Hall–Kier alpha value is -1.13. The summed E-state index contributed by atoms with van der Waals surface area (Å²) in [6.07, 6.45) is 4.31. The molecule has 2 heterocycles. The third-order valence-corrected chi connectivity index (χ3v) is 4.94. The summed E-state index contributed by atoms with van der Waals surface area (Å²) in [6.45, 7) is 5.58. The lowest BCUT2D eigenvalue weighted by Gasteiger charge is -2.34. The van der Waals surface area contributed by atoms with E-state index in [1.54, 1.807) is 0 Å². The van der Waals surface area contributed by atoms with E-state index in [1.165, 1.54) is 23.6 Å². The molecule has 4 heteroatoms. The second kappa shape index (κ2) is 5.70. The van der Waals surface area contributed by atoms with Crippen LogP contribution in [0.1, 0.15) is 19.8 Å². The number of hydrogen-bond acceptors (Lipinski definition) is 3. The van der Waals surface area contributed by atoms with Crippen LogP contribution in [-0.4, -0.2) is 24.6 Å². The maximum absolute atomic E-state index is 4.52. The van der Waals surface area contributed by atoms with Gasteiger partial charge < -0.3 is 10.6 Å². The van der Waals surface area contributed by atoms with Gasteiger partial charge in [0.2, 0.25) is 0 Å². The van der Waals surface area contributed by atoms with E-state index in [0.717, 1.165) is 29.9 Å². The average molecular weight is 334 g/mol. The monoisotopic (exact) mass is 333 g/mol. The van der Waals surface area contributed by atoms with Crippen LogP contribution in [0.5, 0.6) is 0 Å². The Morgan fingerprint density at radius 1 is 1.25 bits per heavy atom. The van der Waals surface area contributed by atoms with Crippen LogP contribution < -0.4 is 10.6 Å². The van der Waals surface area contributed by atoms with Crippen molar-refractivity contribution in [3.8, 4) is 0 Å². The molecule has 1 aromatic heterocycles. The number of anilines is 1. The van der Waals surface area contributed by atoms with Crippen LogP contribution in [0.3, 0.4) is 0 Å². The van der Waals surface area contributed by atoms with Gasteiger partial charge >= 0.3 is 0 Å². The molecule has 0 aliphatic carbocycles. The summed E-state index contributed by atoms with van der Waals surface area (Å²) in [5.74, 6) is 0.989. The lowest BCUT2D eigenvalue weighted by molar-refractivity contribution is 0.247. The number of benzene rings is 1. The fourth-order valence-electron chi connectivity index (χ4n) is 2.81. The number of piperidine rings is 1. The van der Waals surface area contributed by atoms with Gasteiger partial charge in [-0.15, -0.1) is 0 Å². The standard InChI is InChI=1S/C16H20BrN3/c1-16(6-9-18-10-7-16)11-20-15-13-3-2-4-14(17)12(13)5-8-19-15/h2-5,8,18H,6-7,9-11H2,1H3,(H,19,20). The molecule has 1 aliphatic heterocycles. The van der Waals surface area contributed by atoms with Crippen LogP contribution in [0.2, 0.25) is 0 Å². The fraction of sp³-hybridized carbons (Fsp3) is 0.438. The van der Waals surface area contributed by atoms with Crippen molar-refractivity contribution in [1.29, 1.82) is 0 Å². The number of aromatic nitrogens is 1. The lowest BCUT2D eigenvalue weighted by Crippen LogP contribution is -2.39. The zero-order valence-corrected chi connectivity index (χ0v) is 13.3. The molecule has 0 bridgehead atoms. The van der Waals surface area contributed by atoms with Crippen molar-refractivity contribution in [3.63, 3.8) is 0 Å². The normalized spacial score (nSPS) is 18.1. The van der Waals surface area contributed by atoms with Crippen molar-refractivity contribution in [2.24, 2.45) is 5.41 Å². The van der Waals surface area contributed by atoms with Gasteiger partial charge in [0, 0.05) is 28.0 Å². The first-order valence-corrected chi connectivity index (χ1v) is 7.95. The first kappa shape index (κ1) is 13.8. The summed E-state index contributed by atoms with van der Waals surface area (Å²) in [7, 11) is 0. The molecule has 1 fully saturated rings. The molecule has 0 atom stereocenters. The molecular weight excluding hydrogens is 314 g/mol. The van der Waals surface area contributed by atoms with Crippen molar-refractivity contribution >= 4 is 32.5 Å². The first-order chi connectivity index (χ1) is 9.68. The second-order valence-electron chi connectivity index (χ2n) is 5.91. The Bertz CT molecular complexity index is 606. The van der Waals surface area contributed by atoms with Crippen LogP contribution in [0.4, 0.5) is 5.82 Å². The van der Waals surface area contributed by atoms with Crippen LogP contribution in [0, 0.1) is 5.41 Å². The molecule has 0 amide bonds. The zero-order valence-electron chi connectivity index (χ0n) is 11.7. The molecular formula is C16H20BrN3. The van der Waals surface area contributed by atoms with Crippen LogP contribution in [0.25, 0.3) is 10.8 Å². The highest BCUT2D eigenvalue weighted by atomic mass is 79.9. The predicted molar refractivity (Wildman–Crippen MR) is 88.1 cm³/mol. The molecule has 3 nitrogen and oxygen atoms in total. The van der Waals surface area contributed by atoms with E-state index in [-0.39, 0.29) is 0 Å². The SMILES string of the molecule is CC1(CNc2nccc3c(Br)cccc23)CCNCC1. The van der Waals surface area contributed by atoms with E-state index >= 15 is 0 Å². The highest BCUT2D eigenvalue weighted by Crippen LogP contribution is 2.31. The molecule has 0 unspecified atom stereocenters. The van der Waals surface area contributed by atoms with E-state index in [9.17, 15) is 0 Å². The van der Waals surface area contributed by atoms with E-state index in [1.807, 2.05) is 6.20 Å². The summed E-state index contributed by atoms with van der Waals surface area (Å²) < 4.78 is 1.12. The molecule has 0 radical (unpaired) electrons. The molecule has 1 aromatic carbocycles. The lowest BCUT2D eigenvalue weighted by atomic mass is 9.81. The quantitative estimate of drug-likeness (QED) is 0.896. The second-order valence-corrected chi connectivity index (χ2v) is 6.76. The number of pyridine rings is 1. The number of halogens is 1. The summed E-state index contributed by atoms with van der Waals surface area (Å²) in [5, 5.41) is 9.38. The minimum atomic E-state index is 0.362. The first-order valence-electron chi connectivity index (χ1n) is 7.16. The van der Waals surface area contributed by atoms with Crippen molar-refractivity contribution in [3.05, 3.63) is 34.9 Å². The van der Waals surface area contributed by atoms with Gasteiger partial charge in [-0.05, 0) is 43.5 Å². The van der Waals surface area contributed by atoms with Gasteiger partial charge in [0.25, 0.3) is 0 Å². The van der Waals surface area contributed by atoms with Gasteiger partial charge in [0.15, 0.2) is 0 Å². The Morgan fingerprint density at radius 2 is 2.05 bits per heavy atom. The Balaban J connectivity index is 1.82. The number of rotatable bonds is 3. The Kier molecular flexibility index (Phi) is 3.94. The number of hydrogen-bond donors (Lipinski definition) is 2. The van der Waals surface area contributed by atoms with Crippen molar-refractivity contribution in [2.45, 2.75) is 19.8 Å². The van der Waals surface area contributed by atoms with E-state index in [2.05, 4.69) is 62.7 Å². The highest BCUT2D eigenvalue weighted by Gasteiger charge is 2.26. The maximum Gasteiger partial charge on any atom is 0.133 e. The van der Waals surface area contributed by atoms with Crippen LogP contribution in [0.15, 0.2) is 34.9 Å². The summed E-state index contributed by atoms with van der Waals surface area (Å²) in [6, 6.07) is 8.31. The molecule has 2 aromatic rings. The molecule has 2 N–H and O–H groups in total. The molecule has 0 saturated carbocycles. The average Bonchev–Trinajstić information content (AvgIpc) is 2.47. The molecule has 106 valence electrons. The third-order valence-electron chi connectivity index (χ3n) is 4.25. The minimum absolute atomic E-state index is 0.362. The van der Waals surface area contributed by atoms with E-state index < -0.39 is 0 Å². The Labute approximate surface area is 128 Å². The van der Waals surface area contributed by atoms with E-state index in [4.69, 9.17) is 0 Å². The van der Waals surface area contributed by atoms with Gasteiger partial charge in [0.1, 0.15) is 5.82 Å². The van der Waals surface area contributed by atoms with Crippen molar-refractivity contribution in [2.75, 3.05) is 25.0 Å². The van der Waals surface area contributed by atoms with E-state index in [0.29, 0.717) is 5.41 Å². The highest BCUT2D eigenvalue weighted by molar-refractivity contribution is 9.10. The smallest absolute Gasteiger partial charge is 0.133 e. The van der Waals surface area contributed by atoms with Crippen molar-refractivity contribution in [1.82, 2.24) is 10.3 Å². The number of nitrogens with one attached hydrogen (secondary N) is 2. The topological polar surface area (TPSA) is 37.0 Å². The molecule has 1 saturated heterocycles. The molecule has 0 spiro atoms. The minimum Gasteiger partial charge on any atom is -0.369 e. The Morgan fingerprint density at radius 3 is 2.85 bits per heavy atom. The summed E-state index contributed by atoms with van der Waals surface area (Å²) in [5.41, 5.74) is 0.362. The van der Waals surface area contributed by atoms with Crippen LogP contribution >= 0.6 is 15.9 Å². The molecule has 3 rings (SSSR count). The van der Waals surface area contributed by atoms with Gasteiger partial charge in [-0.25, -0.2) is 4.98 Å². The summed E-state index contributed by atoms with van der Waals surface area (Å²) in [4.78, 5) is 4.52. The number of nitrogens with zero attached hydrogens (tertiary/aromatic N) is 1. The van der Waals surface area contributed by atoms with Gasteiger partial charge in [-0.3, -0.25) is 0 Å². The molecule has 20 heavy (non-hydrogen) atoms. The predicted octanol–water partition coefficient (Wildman–Crippen LogP) is 3.80. The largest absolute Gasteiger partial charge is 0.369 e. The molecule has 1 aliphatic rings. The summed E-state index contributed by atoms with van der Waals surface area (Å²) >= 11 is 3.61. The third kappa shape index (κ3) is 2.81. The van der Waals surface area contributed by atoms with Crippen molar-refractivity contribution < 1.29 is 0 Å². The number of fused-ring (bicyclic) bond motifs is 1. The van der Waals surface area contributed by atoms with Gasteiger partial charge in [0.05, 0.1) is 0 Å². The van der Waals surface area contributed by atoms with Gasteiger partial charge in [-0.2, -0.15) is 0 Å². The van der Waals surface area contributed by atoms with Crippen LogP contribution in [-0.2, 0) is 0 Å². The zero-order chi connectivity index (χ0) is 14.0. The van der Waals surface area contributed by atoms with Gasteiger partial charge in [-0.1, -0.05) is 35.0 Å².